The zero-order valence-electron chi connectivity index (χ0n) is 4.10. The summed E-state index contributed by atoms with van der Waals surface area (Å²) >= 11 is 3.84. The van der Waals surface area contributed by atoms with Crippen LogP contribution < -0.4 is 5.73 Å². The van der Waals surface area contributed by atoms with Crippen LogP contribution in [0.4, 0.5) is 0 Å². The molecule has 2 nitrogen and oxygen atoms in total. The summed E-state index contributed by atoms with van der Waals surface area (Å²) in [5, 5.41) is 6.60. The molecular weight excluding hydrogens is 108 g/mol. The van der Waals surface area contributed by atoms with Crippen molar-refractivity contribution in [1.29, 1.82) is 5.41 Å². The molecule has 0 aromatic carbocycles. The predicted molar refractivity (Wildman–Crippen MR) is 34.7 cm³/mol. The van der Waals surface area contributed by atoms with Crippen LogP contribution in [0.3, 0.4) is 0 Å². The Bertz CT molecular complexity index is 102. The van der Waals surface area contributed by atoms with E-state index in [9.17, 15) is 0 Å². The van der Waals surface area contributed by atoms with Gasteiger partial charge in [-0.2, -0.15) is 0 Å². The van der Waals surface area contributed by atoms with E-state index in [1.54, 1.807) is 6.92 Å². The second-order valence-electron chi connectivity index (χ2n) is 1.21. The summed E-state index contributed by atoms with van der Waals surface area (Å²) in [6.45, 7) is 1.70. The van der Waals surface area contributed by atoms with Crippen LogP contribution in [-0.4, -0.2) is 6.21 Å². The van der Waals surface area contributed by atoms with E-state index < -0.39 is 0 Å². The lowest BCUT2D eigenvalue weighted by molar-refractivity contribution is 1.32. The van der Waals surface area contributed by atoms with Crippen LogP contribution in [0.15, 0.2) is 10.6 Å². The fourth-order valence-electron chi connectivity index (χ4n) is 0.114. The molecule has 0 saturated carbocycles. The van der Waals surface area contributed by atoms with Crippen molar-refractivity contribution in [2.24, 2.45) is 5.73 Å². The van der Waals surface area contributed by atoms with Crippen molar-refractivity contribution in [3.63, 3.8) is 0 Å². The third-order valence-corrected chi connectivity index (χ3v) is 1.02. The lowest BCUT2D eigenvalue weighted by atomic mass is 10.5. The number of hydrogen-bond acceptors (Lipinski definition) is 3. The summed E-state index contributed by atoms with van der Waals surface area (Å²) in [6.07, 6.45) is 1.11. The van der Waals surface area contributed by atoms with Crippen molar-refractivity contribution in [2.75, 3.05) is 0 Å². The van der Waals surface area contributed by atoms with Crippen molar-refractivity contribution in [3.8, 4) is 0 Å². The van der Waals surface area contributed by atoms with Gasteiger partial charge in [0.1, 0.15) is 0 Å². The summed E-state index contributed by atoms with van der Waals surface area (Å²) in [7, 11) is 0. The fraction of sp³-hybridized carbons (Fsp3) is 0.250. The molecule has 3 heteroatoms. The number of thiol groups is 1. The highest BCUT2D eigenvalue weighted by Crippen LogP contribution is 1.97. The Morgan fingerprint density at radius 3 is 2.29 bits per heavy atom. The van der Waals surface area contributed by atoms with E-state index in [4.69, 9.17) is 11.1 Å². The zero-order chi connectivity index (χ0) is 5.86. The average molecular weight is 116 g/mol. The Morgan fingerprint density at radius 1 is 1.86 bits per heavy atom. The molecule has 0 atom stereocenters. The standard InChI is InChI=1S/C4H8N2S/c1-3(6)4(7)2-5/h2,5,7H,6H2,1H3. The lowest BCUT2D eigenvalue weighted by Crippen LogP contribution is -1.93. The number of nitrogens with one attached hydrogen (secondary N) is 1. The average Bonchev–Trinajstić information content (AvgIpc) is 1.65. The van der Waals surface area contributed by atoms with E-state index in [0.29, 0.717) is 10.6 Å². The molecule has 0 fully saturated rings. The van der Waals surface area contributed by atoms with Gasteiger partial charge in [0.05, 0.1) is 0 Å². The van der Waals surface area contributed by atoms with Gasteiger partial charge in [0.15, 0.2) is 0 Å². The topological polar surface area (TPSA) is 49.9 Å². The molecule has 0 bridgehead atoms. The molecular formula is C4H8N2S. The van der Waals surface area contributed by atoms with Crippen LogP contribution in [-0.2, 0) is 0 Å². The monoisotopic (exact) mass is 116 g/mol. The molecule has 3 N–H and O–H groups in total. The van der Waals surface area contributed by atoms with E-state index in [1.807, 2.05) is 0 Å². The van der Waals surface area contributed by atoms with Gasteiger partial charge in [-0.15, -0.1) is 12.6 Å². The van der Waals surface area contributed by atoms with E-state index in [-0.39, 0.29) is 0 Å². The summed E-state index contributed by atoms with van der Waals surface area (Å²) in [5.41, 5.74) is 5.78. The van der Waals surface area contributed by atoms with Crippen LogP contribution in [0.25, 0.3) is 0 Å². The van der Waals surface area contributed by atoms with Gasteiger partial charge in [0.25, 0.3) is 0 Å². The quantitative estimate of drug-likeness (QED) is 0.344. The van der Waals surface area contributed by atoms with Crippen molar-refractivity contribution in [2.45, 2.75) is 6.92 Å². The fourth-order valence-corrected chi connectivity index (χ4v) is 0.114. The molecule has 0 amide bonds. The number of nitrogens with two attached hydrogens (primary N) is 1. The summed E-state index contributed by atoms with van der Waals surface area (Å²) < 4.78 is 0. The van der Waals surface area contributed by atoms with Crippen molar-refractivity contribution in [1.82, 2.24) is 0 Å². The largest absolute Gasteiger partial charge is 0.401 e. The number of allylic oxidation sites excluding steroid dienone is 2. The Labute approximate surface area is 48.3 Å². The van der Waals surface area contributed by atoms with Crippen LogP contribution >= 0.6 is 12.6 Å². The van der Waals surface area contributed by atoms with Crippen molar-refractivity contribution < 1.29 is 0 Å². The molecule has 0 spiro atoms. The van der Waals surface area contributed by atoms with E-state index >= 15 is 0 Å². The first-order valence-corrected chi connectivity index (χ1v) is 2.29. The molecule has 0 aliphatic rings. The first kappa shape index (κ1) is 6.56. The maximum atomic E-state index is 6.60. The number of hydrogen-bond donors (Lipinski definition) is 3. The van der Waals surface area contributed by atoms with Crippen LogP contribution in [0.1, 0.15) is 6.92 Å². The molecule has 0 unspecified atom stereocenters. The molecule has 0 aromatic heterocycles. The van der Waals surface area contributed by atoms with Crippen LogP contribution in [0.5, 0.6) is 0 Å². The highest BCUT2D eigenvalue weighted by Gasteiger charge is 1.82. The maximum Gasteiger partial charge on any atom is 0.0402 e. The highest BCUT2D eigenvalue weighted by molar-refractivity contribution is 7.85. The first-order chi connectivity index (χ1) is 3.18. The van der Waals surface area contributed by atoms with Gasteiger partial charge in [-0.3, -0.25) is 0 Å². The lowest BCUT2D eigenvalue weighted by Gasteiger charge is -1.88. The third-order valence-electron chi connectivity index (χ3n) is 0.541. The molecule has 0 aromatic rings. The molecule has 0 aliphatic heterocycles. The van der Waals surface area contributed by atoms with Crippen molar-refractivity contribution >= 4 is 18.8 Å². The van der Waals surface area contributed by atoms with E-state index in [0.717, 1.165) is 6.21 Å². The summed E-state index contributed by atoms with van der Waals surface area (Å²) in [4.78, 5) is 0.528. The Hall–Kier alpha value is -0.440. The highest BCUT2D eigenvalue weighted by atomic mass is 32.1. The van der Waals surface area contributed by atoms with Gasteiger partial charge in [0.2, 0.25) is 0 Å². The normalized spacial score (nSPS) is 12.9. The molecule has 0 aliphatic carbocycles. The molecule has 0 rings (SSSR count). The predicted octanol–water partition coefficient (Wildman–Crippen LogP) is 0.756. The van der Waals surface area contributed by atoms with Gasteiger partial charge in [0, 0.05) is 16.8 Å². The second kappa shape index (κ2) is 2.69. The summed E-state index contributed by atoms with van der Waals surface area (Å²) in [6, 6.07) is 0. The minimum absolute atomic E-state index is 0.528. The van der Waals surface area contributed by atoms with Gasteiger partial charge in [-0.1, -0.05) is 0 Å². The molecule has 0 heterocycles. The van der Waals surface area contributed by atoms with Gasteiger partial charge in [-0.05, 0) is 6.92 Å². The van der Waals surface area contributed by atoms with Gasteiger partial charge in [-0.25, -0.2) is 0 Å². The maximum absolute atomic E-state index is 6.60. The first-order valence-electron chi connectivity index (χ1n) is 1.84. The minimum atomic E-state index is 0.528. The molecule has 0 saturated heterocycles. The molecule has 0 radical (unpaired) electrons. The van der Waals surface area contributed by atoms with Crippen molar-refractivity contribution in [3.05, 3.63) is 10.6 Å². The Balaban J connectivity index is 3.98. The Kier molecular flexibility index (Phi) is 2.52. The van der Waals surface area contributed by atoms with Crippen LogP contribution in [0, 0.1) is 5.41 Å². The summed E-state index contributed by atoms with van der Waals surface area (Å²) in [5.74, 6) is 0. The number of rotatable bonds is 1. The second-order valence-corrected chi connectivity index (χ2v) is 1.69. The smallest absolute Gasteiger partial charge is 0.0402 e. The molecule has 7 heavy (non-hydrogen) atoms. The third kappa shape index (κ3) is 2.28. The SMILES string of the molecule is CC(N)=C(S)C=N. The zero-order valence-corrected chi connectivity index (χ0v) is 5.00. The molecule has 40 valence electrons. The van der Waals surface area contributed by atoms with Gasteiger partial charge >= 0.3 is 0 Å². The van der Waals surface area contributed by atoms with E-state index in [1.165, 1.54) is 0 Å². The minimum Gasteiger partial charge on any atom is -0.401 e. The van der Waals surface area contributed by atoms with Crippen LogP contribution in [0.2, 0.25) is 0 Å². The Morgan fingerprint density at radius 2 is 2.29 bits per heavy atom. The van der Waals surface area contributed by atoms with E-state index in [2.05, 4.69) is 12.6 Å². The van der Waals surface area contributed by atoms with Gasteiger partial charge < -0.3 is 11.1 Å².